The number of carboxylic acids is 1. The molecular formula is C12H12O3. The van der Waals surface area contributed by atoms with E-state index >= 15 is 0 Å². The predicted octanol–water partition coefficient (Wildman–Crippen LogP) is 2.26. The van der Waals surface area contributed by atoms with E-state index in [-0.39, 0.29) is 6.10 Å². The molecule has 1 aromatic rings. The van der Waals surface area contributed by atoms with Gasteiger partial charge in [0.1, 0.15) is 11.9 Å². The average Bonchev–Trinajstić information content (AvgIpc) is 2.59. The van der Waals surface area contributed by atoms with Crippen molar-refractivity contribution in [3.05, 3.63) is 41.5 Å². The number of fused-ring (bicyclic) bond motifs is 1. The van der Waals surface area contributed by atoms with Crippen molar-refractivity contribution in [1.82, 2.24) is 0 Å². The molecule has 0 unspecified atom stereocenters. The van der Waals surface area contributed by atoms with Crippen LogP contribution in [0, 0.1) is 0 Å². The van der Waals surface area contributed by atoms with Gasteiger partial charge in [-0.25, -0.2) is 4.79 Å². The van der Waals surface area contributed by atoms with Gasteiger partial charge in [-0.05, 0) is 36.3 Å². The van der Waals surface area contributed by atoms with Gasteiger partial charge in [-0.3, -0.25) is 0 Å². The van der Waals surface area contributed by atoms with Gasteiger partial charge in [-0.15, -0.1) is 0 Å². The zero-order chi connectivity index (χ0) is 11.0. The molecule has 15 heavy (non-hydrogen) atoms. The Balaban J connectivity index is 2.31. The first-order valence-electron chi connectivity index (χ1n) is 4.76. The van der Waals surface area contributed by atoms with E-state index in [1.54, 1.807) is 18.2 Å². The largest absolute Gasteiger partial charge is 0.485 e. The molecule has 78 valence electrons. The molecule has 1 aliphatic heterocycles. The number of hydrogen-bond donors (Lipinski definition) is 1. The van der Waals surface area contributed by atoms with Gasteiger partial charge in [0, 0.05) is 6.42 Å². The van der Waals surface area contributed by atoms with Crippen LogP contribution in [0.2, 0.25) is 0 Å². The second kappa shape index (κ2) is 3.42. The van der Waals surface area contributed by atoms with Gasteiger partial charge in [-0.1, -0.05) is 6.58 Å². The quantitative estimate of drug-likeness (QED) is 0.751. The number of rotatable bonds is 2. The van der Waals surface area contributed by atoms with Crippen LogP contribution >= 0.6 is 0 Å². The maximum Gasteiger partial charge on any atom is 0.335 e. The molecule has 0 fully saturated rings. The summed E-state index contributed by atoms with van der Waals surface area (Å²) in [5.41, 5.74) is 2.21. The number of ether oxygens (including phenoxy) is 1. The maximum absolute atomic E-state index is 10.8. The Morgan fingerprint density at radius 1 is 1.60 bits per heavy atom. The Kier molecular flexibility index (Phi) is 2.23. The van der Waals surface area contributed by atoms with E-state index in [1.807, 2.05) is 6.92 Å². The van der Waals surface area contributed by atoms with Crippen LogP contribution in [0.4, 0.5) is 0 Å². The molecule has 1 atom stereocenters. The first-order valence-corrected chi connectivity index (χ1v) is 4.76. The Morgan fingerprint density at radius 2 is 2.33 bits per heavy atom. The molecule has 1 aliphatic rings. The summed E-state index contributed by atoms with van der Waals surface area (Å²) in [4.78, 5) is 10.8. The molecule has 0 spiro atoms. The summed E-state index contributed by atoms with van der Waals surface area (Å²) in [5, 5.41) is 8.83. The lowest BCUT2D eigenvalue weighted by atomic mass is 10.0. The van der Waals surface area contributed by atoms with Gasteiger partial charge in [0.25, 0.3) is 0 Å². The van der Waals surface area contributed by atoms with E-state index < -0.39 is 5.97 Å². The molecule has 3 heteroatoms. The number of aromatic carboxylic acids is 1. The number of carbonyl (C=O) groups is 1. The van der Waals surface area contributed by atoms with Crippen LogP contribution in [0.3, 0.4) is 0 Å². The SMILES string of the molecule is C=C(C)[C@H]1Cc2cc(C(=O)O)ccc2O1. The fourth-order valence-electron chi connectivity index (χ4n) is 1.66. The van der Waals surface area contributed by atoms with Crippen LogP contribution in [0.25, 0.3) is 0 Å². The highest BCUT2D eigenvalue weighted by atomic mass is 16.5. The van der Waals surface area contributed by atoms with E-state index in [0.717, 1.165) is 16.9 Å². The van der Waals surface area contributed by atoms with Crippen molar-refractivity contribution in [1.29, 1.82) is 0 Å². The summed E-state index contributed by atoms with van der Waals surface area (Å²) >= 11 is 0. The van der Waals surface area contributed by atoms with Crippen molar-refractivity contribution in [2.75, 3.05) is 0 Å². The summed E-state index contributed by atoms with van der Waals surface area (Å²) in [6.45, 7) is 5.75. The number of benzene rings is 1. The summed E-state index contributed by atoms with van der Waals surface area (Å²) < 4.78 is 5.61. The molecule has 2 rings (SSSR count). The van der Waals surface area contributed by atoms with Crippen molar-refractivity contribution in [2.24, 2.45) is 0 Å². The Morgan fingerprint density at radius 3 is 2.93 bits per heavy atom. The highest BCUT2D eigenvalue weighted by Gasteiger charge is 2.24. The summed E-state index contributed by atoms with van der Waals surface area (Å²) in [7, 11) is 0. The third kappa shape index (κ3) is 1.73. The van der Waals surface area contributed by atoms with Crippen molar-refractivity contribution in [2.45, 2.75) is 19.4 Å². The monoisotopic (exact) mass is 204 g/mol. The lowest BCUT2D eigenvalue weighted by Crippen LogP contribution is -2.13. The van der Waals surface area contributed by atoms with Gasteiger partial charge in [-0.2, -0.15) is 0 Å². The fraction of sp³-hybridized carbons (Fsp3) is 0.250. The first-order chi connectivity index (χ1) is 7.08. The van der Waals surface area contributed by atoms with E-state index in [9.17, 15) is 4.79 Å². The Bertz CT molecular complexity index is 434. The van der Waals surface area contributed by atoms with Gasteiger partial charge in [0.05, 0.1) is 5.56 Å². The molecule has 0 saturated carbocycles. The Hall–Kier alpha value is -1.77. The van der Waals surface area contributed by atoms with E-state index in [0.29, 0.717) is 12.0 Å². The molecule has 3 nitrogen and oxygen atoms in total. The molecule has 1 N–H and O–H groups in total. The topological polar surface area (TPSA) is 46.5 Å². The second-order valence-corrected chi connectivity index (χ2v) is 3.78. The van der Waals surface area contributed by atoms with Gasteiger partial charge >= 0.3 is 5.97 Å². The van der Waals surface area contributed by atoms with E-state index in [2.05, 4.69) is 6.58 Å². The molecular weight excluding hydrogens is 192 g/mol. The third-order valence-electron chi connectivity index (χ3n) is 2.53. The third-order valence-corrected chi connectivity index (χ3v) is 2.53. The minimum Gasteiger partial charge on any atom is -0.485 e. The molecule has 1 aromatic carbocycles. The minimum atomic E-state index is -0.906. The smallest absolute Gasteiger partial charge is 0.335 e. The van der Waals surface area contributed by atoms with Crippen molar-refractivity contribution < 1.29 is 14.6 Å². The van der Waals surface area contributed by atoms with Gasteiger partial charge in [0.2, 0.25) is 0 Å². The van der Waals surface area contributed by atoms with Crippen LogP contribution < -0.4 is 4.74 Å². The summed E-state index contributed by atoms with van der Waals surface area (Å²) in [6, 6.07) is 4.93. The first kappa shape index (κ1) is 9.77. The number of carboxylic acid groups (broad SMARTS) is 1. The zero-order valence-corrected chi connectivity index (χ0v) is 8.49. The highest BCUT2D eigenvalue weighted by molar-refractivity contribution is 5.88. The lowest BCUT2D eigenvalue weighted by molar-refractivity contribution is 0.0697. The highest BCUT2D eigenvalue weighted by Crippen LogP contribution is 2.31. The van der Waals surface area contributed by atoms with Crippen LogP contribution in [-0.2, 0) is 6.42 Å². The Labute approximate surface area is 88.0 Å². The number of hydrogen-bond acceptors (Lipinski definition) is 2. The van der Waals surface area contributed by atoms with Crippen molar-refractivity contribution in [3.8, 4) is 5.75 Å². The maximum atomic E-state index is 10.8. The average molecular weight is 204 g/mol. The fourth-order valence-corrected chi connectivity index (χ4v) is 1.66. The lowest BCUT2D eigenvalue weighted by Gasteiger charge is -2.08. The van der Waals surface area contributed by atoms with Crippen molar-refractivity contribution >= 4 is 5.97 Å². The summed E-state index contributed by atoms with van der Waals surface area (Å²) in [6.07, 6.45) is 0.704. The molecule has 0 saturated heterocycles. The predicted molar refractivity (Wildman–Crippen MR) is 56.3 cm³/mol. The van der Waals surface area contributed by atoms with E-state index in [4.69, 9.17) is 9.84 Å². The van der Waals surface area contributed by atoms with Crippen LogP contribution in [0.1, 0.15) is 22.8 Å². The van der Waals surface area contributed by atoms with Crippen molar-refractivity contribution in [3.63, 3.8) is 0 Å². The summed E-state index contributed by atoms with van der Waals surface area (Å²) in [5.74, 6) is -0.135. The molecule has 0 bridgehead atoms. The minimum absolute atomic E-state index is 0.0101. The second-order valence-electron chi connectivity index (χ2n) is 3.78. The molecule has 0 radical (unpaired) electrons. The molecule has 0 amide bonds. The molecule has 0 aliphatic carbocycles. The van der Waals surface area contributed by atoms with E-state index in [1.165, 1.54) is 0 Å². The molecule has 0 aromatic heterocycles. The molecule has 1 heterocycles. The van der Waals surface area contributed by atoms with Crippen LogP contribution in [-0.4, -0.2) is 17.2 Å². The normalized spacial score (nSPS) is 18.1. The zero-order valence-electron chi connectivity index (χ0n) is 8.49. The standard InChI is InChI=1S/C12H12O3/c1-7(2)11-6-9-5-8(12(13)14)3-4-10(9)15-11/h3-5,11H,1,6H2,2H3,(H,13,14)/t11-/m1/s1. The van der Waals surface area contributed by atoms with Gasteiger partial charge < -0.3 is 9.84 Å². The van der Waals surface area contributed by atoms with Gasteiger partial charge in [0.15, 0.2) is 0 Å². The van der Waals surface area contributed by atoms with Crippen LogP contribution in [0.15, 0.2) is 30.4 Å². The van der Waals surface area contributed by atoms with Crippen LogP contribution in [0.5, 0.6) is 5.75 Å².